The highest BCUT2D eigenvalue weighted by atomic mass is 16.2. The first-order valence-corrected chi connectivity index (χ1v) is 8.69. The van der Waals surface area contributed by atoms with Gasteiger partial charge in [0.15, 0.2) is 0 Å². The first-order chi connectivity index (χ1) is 11.6. The largest absolute Gasteiger partial charge is 0.367 e. The summed E-state index contributed by atoms with van der Waals surface area (Å²) in [5, 5.41) is 5.74. The van der Waals surface area contributed by atoms with Crippen molar-refractivity contribution in [3.63, 3.8) is 0 Å². The molecule has 1 aromatic carbocycles. The Hall–Kier alpha value is -2.08. The van der Waals surface area contributed by atoms with Crippen molar-refractivity contribution in [3.8, 4) is 0 Å². The molecule has 1 fully saturated rings. The van der Waals surface area contributed by atoms with Crippen LogP contribution in [0.15, 0.2) is 24.3 Å². The highest BCUT2D eigenvalue weighted by molar-refractivity contribution is 5.94. The van der Waals surface area contributed by atoms with Gasteiger partial charge in [0, 0.05) is 45.6 Å². The van der Waals surface area contributed by atoms with E-state index < -0.39 is 0 Å². The van der Waals surface area contributed by atoms with Crippen LogP contribution in [-0.4, -0.2) is 56.5 Å². The molecule has 0 atom stereocenters. The molecular formula is C18H28N4O2. The van der Waals surface area contributed by atoms with Crippen molar-refractivity contribution in [2.24, 2.45) is 0 Å². The number of nitrogens with zero attached hydrogens (tertiary/aromatic N) is 2. The SMILES string of the molecule is CCNC(=O)CCCC(=O)Nc1ccccc1N1CCN(C)CC1. The van der Waals surface area contributed by atoms with Gasteiger partial charge in [-0.05, 0) is 32.5 Å². The van der Waals surface area contributed by atoms with Crippen molar-refractivity contribution in [2.75, 3.05) is 50.0 Å². The summed E-state index contributed by atoms with van der Waals surface area (Å²) in [6.07, 6.45) is 1.31. The van der Waals surface area contributed by atoms with E-state index in [4.69, 9.17) is 0 Å². The fourth-order valence-corrected chi connectivity index (χ4v) is 2.81. The molecule has 0 aliphatic carbocycles. The lowest BCUT2D eigenvalue weighted by atomic mass is 10.2. The van der Waals surface area contributed by atoms with Crippen molar-refractivity contribution >= 4 is 23.2 Å². The molecule has 1 heterocycles. The monoisotopic (exact) mass is 332 g/mol. The zero-order chi connectivity index (χ0) is 17.4. The number of likely N-dealkylation sites (N-methyl/N-ethyl adjacent to an activating group) is 1. The summed E-state index contributed by atoms with van der Waals surface area (Å²) in [7, 11) is 2.12. The molecule has 0 saturated carbocycles. The van der Waals surface area contributed by atoms with Crippen LogP contribution in [0.3, 0.4) is 0 Å². The van der Waals surface area contributed by atoms with Crippen molar-refractivity contribution in [1.29, 1.82) is 0 Å². The minimum absolute atomic E-state index is 0.00290. The molecule has 6 nitrogen and oxygen atoms in total. The highest BCUT2D eigenvalue weighted by Crippen LogP contribution is 2.26. The van der Waals surface area contributed by atoms with Crippen LogP contribution in [0.5, 0.6) is 0 Å². The predicted octanol–water partition coefficient (Wildman–Crippen LogP) is 1.68. The van der Waals surface area contributed by atoms with Gasteiger partial charge in [0.25, 0.3) is 0 Å². The highest BCUT2D eigenvalue weighted by Gasteiger charge is 2.17. The van der Waals surface area contributed by atoms with Crippen molar-refractivity contribution in [3.05, 3.63) is 24.3 Å². The molecule has 1 aromatic rings. The van der Waals surface area contributed by atoms with E-state index in [1.54, 1.807) is 0 Å². The first-order valence-electron chi connectivity index (χ1n) is 8.69. The van der Waals surface area contributed by atoms with E-state index in [0.717, 1.165) is 37.6 Å². The topological polar surface area (TPSA) is 64.7 Å². The van der Waals surface area contributed by atoms with Gasteiger partial charge in [0.2, 0.25) is 11.8 Å². The average Bonchev–Trinajstić information content (AvgIpc) is 2.56. The van der Waals surface area contributed by atoms with Gasteiger partial charge in [-0.2, -0.15) is 0 Å². The maximum Gasteiger partial charge on any atom is 0.224 e. The lowest BCUT2D eigenvalue weighted by Gasteiger charge is -2.35. The minimum Gasteiger partial charge on any atom is -0.367 e. The Balaban J connectivity index is 1.88. The summed E-state index contributed by atoms with van der Waals surface area (Å²) in [5.74, 6) is -0.0380. The molecule has 132 valence electrons. The molecule has 0 aromatic heterocycles. The molecule has 0 spiro atoms. The smallest absolute Gasteiger partial charge is 0.224 e. The van der Waals surface area contributed by atoms with Crippen LogP contribution in [0, 0.1) is 0 Å². The Morgan fingerprint density at radius 2 is 1.71 bits per heavy atom. The van der Waals surface area contributed by atoms with E-state index >= 15 is 0 Å². The summed E-state index contributed by atoms with van der Waals surface area (Å²) < 4.78 is 0. The second kappa shape index (κ2) is 9.27. The fraction of sp³-hybridized carbons (Fsp3) is 0.556. The Labute approximate surface area is 144 Å². The minimum atomic E-state index is -0.0409. The number of carbonyl (C=O) groups is 2. The maximum atomic E-state index is 12.2. The summed E-state index contributed by atoms with van der Waals surface area (Å²) in [5.41, 5.74) is 1.92. The Kier molecular flexibility index (Phi) is 7.06. The summed E-state index contributed by atoms with van der Waals surface area (Å²) in [6.45, 7) is 6.48. The first kappa shape index (κ1) is 18.3. The Bertz CT molecular complexity index is 554. The van der Waals surface area contributed by atoms with Crippen LogP contribution in [0.1, 0.15) is 26.2 Å². The molecule has 6 heteroatoms. The number of benzene rings is 1. The molecule has 1 aliphatic heterocycles. The zero-order valence-electron chi connectivity index (χ0n) is 14.7. The second-order valence-electron chi connectivity index (χ2n) is 6.16. The molecule has 24 heavy (non-hydrogen) atoms. The number of piperazine rings is 1. The van der Waals surface area contributed by atoms with Crippen LogP contribution in [0.25, 0.3) is 0 Å². The molecule has 2 amide bonds. The molecule has 1 saturated heterocycles. The third-order valence-electron chi connectivity index (χ3n) is 4.20. The van der Waals surface area contributed by atoms with Crippen LogP contribution in [0.2, 0.25) is 0 Å². The second-order valence-corrected chi connectivity index (χ2v) is 6.16. The number of anilines is 2. The number of para-hydroxylation sites is 2. The van der Waals surface area contributed by atoms with Gasteiger partial charge >= 0.3 is 0 Å². The van der Waals surface area contributed by atoms with Crippen molar-refractivity contribution < 1.29 is 9.59 Å². The molecule has 0 radical (unpaired) electrons. The molecule has 2 N–H and O–H groups in total. The number of hydrogen-bond acceptors (Lipinski definition) is 4. The molecule has 1 aliphatic rings. The maximum absolute atomic E-state index is 12.2. The van der Waals surface area contributed by atoms with Gasteiger partial charge in [-0.3, -0.25) is 9.59 Å². The molecule has 0 unspecified atom stereocenters. The lowest BCUT2D eigenvalue weighted by molar-refractivity contribution is -0.121. The van der Waals surface area contributed by atoms with Crippen molar-refractivity contribution in [2.45, 2.75) is 26.2 Å². The van der Waals surface area contributed by atoms with Crippen LogP contribution >= 0.6 is 0 Å². The normalized spacial score (nSPS) is 15.2. The van der Waals surface area contributed by atoms with Gasteiger partial charge in [-0.25, -0.2) is 0 Å². The number of amides is 2. The summed E-state index contributed by atoms with van der Waals surface area (Å²) >= 11 is 0. The Morgan fingerprint density at radius 3 is 2.42 bits per heavy atom. The van der Waals surface area contributed by atoms with Crippen LogP contribution < -0.4 is 15.5 Å². The van der Waals surface area contributed by atoms with E-state index in [-0.39, 0.29) is 11.8 Å². The molecule has 2 rings (SSSR count). The quantitative estimate of drug-likeness (QED) is 0.797. The predicted molar refractivity (Wildman–Crippen MR) is 97.3 cm³/mol. The lowest BCUT2D eigenvalue weighted by Crippen LogP contribution is -2.44. The summed E-state index contributed by atoms with van der Waals surface area (Å²) in [4.78, 5) is 28.2. The standard InChI is InChI=1S/C18H28N4O2/c1-3-19-17(23)9-6-10-18(24)20-15-7-4-5-8-16(15)22-13-11-21(2)12-14-22/h4-5,7-8H,3,6,9-14H2,1-2H3,(H,19,23)(H,20,24). The van der Waals surface area contributed by atoms with E-state index in [2.05, 4.69) is 33.5 Å². The van der Waals surface area contributed by atoms with E-state index in [1.807, 2.05) is 25.1 Å². The van der Waals surface area contributed by atoms with E-state index in [0.29, 0.717) is 25.8 Å². The molecule has 0 bridgehead atoms. The number of nitrogens with one attached hydrogen (secondary N) is 2. The van der Waals surface area contributed by atoms with E-state index in [1.165, 1.54) is 0 Å². The number of rotatable bonds is 7. The van der Waals surface area contributed by atoms with Crippen LogP contribution in [-0.2, 0) is 9.59 Å². The van der Waals surface area contributed by atoms with Gasteiger partial charge in [0.05, 0.1) is 11.4 Å². The van der Waals surface area contributed by atoms with Crippen LogP contribution in [0.4, 0.5) is 11.4 Å². The third-order valence-corrected chi connectivity index (χ3v) is 4.20. The van der Waals surface area contributed by atoms with E-state index in [9.17, 15) is 9.59 Å². The fourth-order valence-electron chi connectivity index (χ4n) is 2.81. The van der Waals surface area contributed by atoms with Crippen molar-refractivity contribution in [1.82, 2.24) is 10.2 Å². The number of hydrogen-bond donors (Lipinski definition) is 2. The average molecular weight is 332 g/mol. The van der Waals surface area contributed by atoms with Gasteiger partial charge in [-0.15, -0.1) is 0 Å². The molecular weight excluding hydrogens is 304 g/mol. The van der Waals surface area contributed by atoms with Gasteiger partial charge < -0.3 is 20.4 Å². The number of carbonyl (C=O) groups excluding carboxylic acids is 2. The van der Waals surface area contributed by atoms with Gasteiger partial charge in [-0.1, -0.05) is 12.1 Å². The Morgan fingerprint density at radius 1 is 1.04 bits per heavy atom. The van der Waals surface area contributed by atoms with Gasteiger partial charge in [0.1, 0.15) is 0 Å². The third kappa shape index (κ3) is 5.53. The summed E-state index contributed by atoms with van der Waals surface area (Å²) in [6, 6.07) is 7.92. The zero-order valence-corrected chi connectivity index (χ0v) is 14.7.